The van der Waals surface area contributed by atoms with Crippen LogP contribution in [0.25, 0.3) is 5.69 Å². The van der Waals surface area contributed by atoms with Crippen LogP contribution in [0.2, 0.25) is 10.0 Å². The average Bonchev–Trinajstić information content (AvgIpc) is 3.32. The highest BCUT2D eigenvalue weighted by atomic mass is 35.5. The molecule has 0 spiro atoms. The Morgan fingerprint density at radius 3 is 2.65 bits per heavy atom. The molecule has 0 aliphatic heterocycles. The van der Waals surface area contributed by atoms with Crippen LogP contribution in [0.3, 0.4) is 0 Å². The van der Waals surface area contributed by atoms with Crippen molar-refractivity contribution in [2.45, 2.75) is 31.2 Å². The van der Waals surface area contributed by atoms with Gasteiger partial charge < -0.3 is 10.1 Å². The van der Waals surface area contributed by atoms with Gasteiger partial charge in [-0.05, 0) is 60.7 Å². The van der Waals surface area contributed by atoms with Gasteiger partial charge in [-0.25, -0.2) is 4.68 Å². The third-order valence-corrected chi connectivity index (χ3v) is 7.63. The van der Waals surface area contributed by atoms with E-state index in [9.17, 15) is 4.79 Å². The summed E-state index contributed by atoms with van der Waals surface area (Å²) in [7, 11) is 1.66. The van der Waals surface area contributed by atoms with Crippen LogP contribution >= 0.6 is 34.8 Å². The summed E-state index contributed by atoms with van der Waals surface area (Å²) in [4.78, 5) is 13.7. The fourth-order valence-corrected chi connectivity index (χ4v) is 5.76. The normalized spacial score (nSPS) is 15.6. The molecule has 37 heavy (non-hydrogen) atoms. The predicted octanol–water partition coefficient (Wildman–Crippen LogP) is 7.37. The van der Waals surface area contributed by atoms with Crippen molar-refractivity contribution >= 4 is 40.7 Å². The number of rotatable bonds is 7. The molecule has 2 atom stereocenters. The van der Waals surface area contributed by atoms with Gasteiger partial charge in [-0.3, -0.25) is 4.79 Å². The summed E-state index contributed by atoms with van der Waals surface area (Å²) in [5, 5.41) is 8.94. The number of methoxy groups -OCH3 is 1. The molecule has 5 nitrogen and oxygen atoms in total. The summed E-state index contributed by atoms with van der Waals surface area (Å²) < 4.78 is 7.30. The van der Waals surface area contributed by atoms with Gasteiger partial charge in [0.25, 0.3) is 5.91 Å². The summed E-state index contributed by atoms with van der Waals surface area (Å²) in [6.07, 6.45) is 2.57. The SMILES string of the molecule is COc1cccc(C2CCCc3c(C(=O)N[C@H](CCl)c4ccccc4)nn(-c4ccc(Cl)cc4Cl)c32)c1. The lowest BCUT2D eigenvalue weighted by molar-refractivity contribution is 0.0934. The van der Waals surface area contributed by atoms with Crippen molar-refractivity contribution in [1.82, 2.24) is 15.1 Å². The number of hydrogen-bond donors (Lipinski definition) is 1. The molecule has 4 aromatic rings. The Kier molecular flexibility index (Phi) is 7.75. The second-order valence-electron chi connectivity index (χ2n) is 9.03. The average molecular weight is 555 g/mol. The van der Waals surface area contributed by atoms with Crippen LogP contribution in [0.4, 0.5) is 0 Å². The molecule has 1 aliphatic rings. The Labute approximate surface area is 231 Å². The van der Waals surface area contributed by atoms with Crippen LogP contribution < -0.4 is 10.1 Å². The molecular formula is C29H26Cl3N3O2. The first-order valence-electron chi connectivity index (χ1n) is 12.1. The minimum atomic E-state index is -0.340. The number of aromatic nitrogens is 2. The number of carbonyl (C=O) groups is 1. The molecule has 1 heterocycles. The van der Waals surface area contributed by atoms with Gasteiger partial charge in [0.2, 0.25) is 0 Å². The van der Waals surface area contributed by atoms with Crippen molar-refractivity contribution in [3.63, 3.8) is 0 Å². The maximum Gasteiger partial charge on any atom is 0.272 e. The van der Waals surface area contributed by atoms with Gasteiger partial charge in [0, 0.05) is 22.4 Å². The molecule has 3 aromatic carbocycles. The van der Waals surface area contributed by atoms with E-state index in [4.69, 9.17) is 44.6 Å². The number of nitrogens with one attached hydrogen (secondary N) is 1. The monoisotopic (exact) mass is 553 g/mol. The smallest absolute Gasteiger partial charge is 0.272 e. The van der Waals surface area contributed by atoms with Gasteiger partial charge in [-0.1, -0.05) is 65.7 Å². The molecule has 5 rings (SSSR count). The summed E-state index contributed by atoms with van der Waals surface area (Å²) in [5.74, 6) is 0.776. The molecular weight excluding hydrogens is 529 g/mol. The third kappa shape index (κ3) is 5.22. The van der Waals surface area contributed by atoms with E-state index in [-0.39, 0.29) is 23.7 Å². The summed E-state index contributed by atoms with van der Waals surface area (Å²) >= 11 is 19.1. The standard InChI is InChI=1S/C29H26Cl3N3O2/c1-37-21-10-5-9-19(15-21)22-11-6-12-23-27(29(36)33-25(17-30)18-7-3-2-4-8-18)34-35(28(22)23)26-14-13-20(31)16-24(26)32/h2-5,7-10,13-16,22,25H,6,11-12,17H2,1H3,(H,33,36)/t22?,25-/m1/s1. The zero-order valence-corrected chi connectivity index (χ0v) is 22.5. The van der Waals surface area contributed by atoms with E-state index in [2.05, 4.69) is 11.4 Å². The second kappa shape index (κ2) is 11.2. The van der Waals surface area contributed by atoms with E-state index in [1.165, 1.54) is 0 Å². The van der Waals surface area contributed by atoms with E-state index in [1.807, 2.05) is 59.3 Å². The Hall–Kier alpha value is -2.99. The van der Waals surface area contributed by atoms with Crippen LogP contribution in [0.1, 0.15) is 57.7 Å². The molecule has 1 unspecified atom stereocenters. The van der Waals surface area contributed by atoms with Crippen LogP contribution in [0.5, 0.6) is 5.75 Å². The highest BCUT2D eigenvalue weighted by Gasteiger charge is 2.33. The number of hydrogen-bond acceptors (Lipinski definition) is 3. The van der Waals surface area contributed by atoms with Crippen LogP contribution in [0, 0.1) is 0 Å². The Morgan fingerprint density at radius 1 is 1.11 bits per heavy atom. The molecule has 0 saturated heterocycles. The Balaban J connectivity index is 1.62. The molecule has 190 valence electrons. The molecule has 0 radical (unpaired) electrons. The molecule has 8 heteroatoms. The zero-order chi connectivity index (χ0) is 25.9. The number of nitrogens with zero attached hydrogens (tertiary/aromatic N) is 2. The molecule has 0 bridgehead atoms. The number of carbonyl (C=O) groups excluding carboxylic acids is 1. The van der Waals surface area contributed by atoms with Crippen molar-refractivity contribution in [1.29, 1.82) is 0 Å². The van der Waals surface area contributed by atoms with Gasteiger partial charge >= 0.3 is 0 Å². The van der Waals surface area contributed by atoms with Crippen molar-refractivity contribution < 1.29 is 9.53 Å². The maximum absolute atomic E-state index is 13.7. The van der Waals surface area contributed by atoms with E-state index in [0.29, 0.717) is 21.4 Å². The second-order valence-corrected chi connectivity index (χ2v) is 10.2. The van der Waals surface area contributed by atoms with Gasteiger partial charge in [0.1, 0.15) is 5.75 Å². The number of halogens is 3. The number of fused-ring (bicyclic) bond motifs is 1. The highest BCUT2D eigenvalue weighted by Crippen LogP contribution is 2.41. The van der Waals surface area contributed by atoms with Crippen molar-refractivity contribution in [3.8, 4) is 11.4 Å². The number of benzene rings is 3. The van der Waals surface area contributed by atoms with E-state index in [0.717, 1.165) is 47.4 Å². The molecule has 1 N–H and O–H groups in total. The fourth-order valence-electron chi connectivity index (χ4n) is 5.01. The van der Waals surface area contributed by atoms with E-state index < -0.39 is 0 Å². The fraction of sp³-hybridized carbons (Fsp3) is 0.241. The quantitative estimate of drug-likeness (QED) is 0.243. The highest BCUT2D eigenvalue weighted by molar-refractivity contribution is 6.35. The number of ether oxygens (including phenoxy) is 1. The zero-order valence-electron chi connectivity index (χ0n) is 20.3. The molecule has 1 aromatic heterocycles. The summed E-state index contributed by atoms with van der Waals surface area (Å²) in [6, 6.07) is 22.7. The third-order valence-electron chi connectivity index (χ3n) is 6.78. The van der Waals surface area contributed by atoms with Crippen LogP contribution in [-0.4, -0.2) is 28.7 Å². The van der Waals surface area contributed by atoms with Gasteiger partial charge in [-0.2, -0.15) is 5.10 Å². The summed E-state index contributed by atoms with van der Waals surface area (Å²) in [6.45, 7) is 0. The lowest BCUT2D eigenvalue weighted by Gasteiger charge is -2.26. The molecule has 0 fully saturated rings. The van der Waals surface area contributed by atoms with Crippen LogP contribution in [-0.2, 0) is 6.42 Å². The minimum absolute atomic E-state index is 0.0117. The van der Waals surface area contributed by atoms with E-state index >= 15 is 0 Å². The van der Waals surface area contributed by atoms with Gasteiger partial charge in [-0.15, -0.1) is 11.6 Å². The predicted molar refractivity (Wildman–Crippen MR) is 149 cm³/mol. The number of alkyl halides is 1. The molecule has 1 aliphatic carbocycles. The maximum atomic E-state index is 13.7. The largest absolute Gasteiger partial charge is 0.497 e. The first-order chi connectivity index (χ1) is 18.0. The van der Waals surface area contributed by atoms with Crippen molar-refractivity contribution in [2.24, 2.45) is 0 Å². The summed E-state index contributed by atoms with van der Waals surface area (Å²) in [5.41, 5.74) is 4.98. The Bertz CT molecular complexity index is 1420. The van der Waals surface area contributed by atoms with Crippen LogP contribution in [0.15, 0.2) is 72.8 Å². The van der Waals surface area contributed by atoms with Crippen molar-refractivity contribution in [2.75, 3.05) is 13.0 Å². The molecule has 0 saturated carbocycles. The topological polar surface area (TPSA) is 56.1 Å². The van der Waals surface area contributed by atoms with E-state index in [1.54, 1.807) is 19.2 Å². The molecule has 1 amide bonds. The minimum Gasteiger partial charge on any atom is -0.497 e. The number of amides is 1. The lowest BCUT2D eigenvalue weighted by atomic mass is 9.82. The Morgan fingerprint density at radius 2 is 1.92 bits per heavy atom. The lowest BCUT2D eigenvalue weighted by Crippen LogP contribution is -2.30. The van der Waals surface area contributed by atoms with Gasteiger partial charge in [0.15, 0.2) is 5.69 Å². The first kappa shape index (κ1) is 25.7. The van der Waals surface area contributed by atoms with Crippen molar-refractivity contribution in [3.05, 3.63) is 111 Å². The first-order valence-corrected chi connectivity index (χ1v) is 13.4. The van der Waals surface area contributed by atoms with Gasteiger partial charge in [0.05, 0.1) is 29.6 Å².